The zero-order valence-electron chi connectivity index (χ0n) is 13.2. The molecular weight excluding hydrogens is 268 g/mol. The molecule has 6 heteroatoms. The highest BCUT2D eigenvalue weighted by atomic mass is 16.2. The van der Waals surface area contributed by atoms with Crippen molar-refractivity contribution in [2.45, 2.75) is 45.1 Å². The van der Waals surface area contributed by atoms with Crippen molar-refractivity contribution in [3.8, 4) is 0 Å². The molecule has 2 aliphatic heterocycles. The number of carbonyl (C=O) groups excluding carboxylic acids is 2. The first-order valence-corrected chi connectivity index (χ1v) is 7.99. The van der Waals surface area contributed by atoms with Gasteiger partial charge in [-0.2, -0.15) is 0 Å². The van der Waals surface area contributed by atoms with Gasteiger partial charge in [0.15, 0.2) is 0 Å². The van der Waals surface area contributed by atoms with Crippen LogP contribution in [0.15, 0.2) is 0 Å². The van der Waals surface area contributed by atoms with Crippen LogP contribution in [0.25, 0.3) is 0 Å². The molecule has 6 nitrogen and oxygen atoms in total. The Morgan fingerprint density at radius 2 is 1.76 bits per heavy atom. The Bertz CT molecular complexity index is 391. The van der Waals surface area contributed by atoms with E-state index in [1.807, 2.05) is 23.6 Å². The van der Waals surface area contributed by atoms with Crippen LogP contribution in [-0.2, 0) is 4.79 Å². The van der Waals surface area contributed by atoms with Crippen molar-refractivity contribution in [1.29, 1.82) is 0 Å². The minimum atomic E-state index is -0.391. The summed E-state index contributed by atoms with van der Waals surface area (Å²) in [6, 6.07) is 0.100. The Morgan fingerprint density at radius 3 is 2.38 bits per heavy atom. The van der Waals surface area contributed by atoms with Crippen molar-refractivity contribution in [3.63, 3.8) is 0 Å². The van der Waals surface area contributed by atoms with E-state index < -0.39 is 5.54 Å². The number of likely N-dealkylation sites (tertiary alicyclic amines) is 2. The average Bonchev–Trinajstić information content (AvgIpc) is 3.00. The van der Waals surface area contributed by atoms with Crippen LogP contribution < -0.4 is 11.1 Å². The normalized spacial score (nSPS) is 23.3. The molecule has 0 aromatic rings. The summed E-state index contributed by atoms with van der Waals surface area (Å²) in [5.41, 5.74) is 5.27. The molecule has 1 atom stereocenters. The molecule has 1 unspecified atom stereocenters. The number of amides is 3. The molecule has 2 saturated heterocycles. The number of hydrogen-bond donors (Lipinski definition) is 2. The molecule has 21 heavy (non-hydrogen) atoms. The Labute approximate surface area is 127 Å². The van der Waals surface area contributed by atoms with Crippen LogP contribution in [0.2, 0.25) is 0 Å². The van der Waals surface area contributed by atoms with Gasteiger partial charge in [-0.25, -0.2) is 4.79 Å². The molecule has 0 spiro atoms. The summed E-state index contributed by atoms with van der Waals surface area (Å²) in [4.78, 5) is 28.5. The van der Waals surface area contributed by atoms with Gasteiger partial charge in [0.1, 0.15) is 0 Å². The molecule has 2 rings (SSSR count). The average molecular weight is 296 g/mol. The van der Waals surface area contributed by atoms with E-state index in [0.717, 1.165) is 45.3 Å². The van der Waals surface area contributed by atoms with Gasteiger partial charge in [0.05, 0.1) is 5.92 Å². The highest BCUT2D eigenvalue weighted by Gasteiger charge is 2.33. The molecule has 2 fully saturated rings. The van der Waals surface area contributed by atoms with Crippen LogP contribution in [0.3, 0.4) is 0 Å². The number of rotatable bonds is 3. The fourth-order valence-electron chi connectivity index (χ4n) is 2.96. The molecule has 120 valence electrons. The summed E-state index contributed by atoms with van der Waals surface area (Å²) >= 11 is 0. The maximum Gasteiger partial charge on any atom is 0.320 e. The number of hydrogen-bond acceptors (Lipinski definition) is 3. The second kappa shape index (κ2) is 6.64. The molecular formula is C15H28N4O2. The Hall–Kier alpha value is -1.30. The van der Waals surface area contributed by atoms with Gasteiger partial charge < -0.3 is 20.9 Å². The molecule has 2 heterocycles. The van der Waals surface area contributed by atoms with Crippen LogP contribution in [0.5, 0.6) is 0 Å². The highest BCUT2D eigenvalue weighted by Crippen LogP contribution is 2.20. The zero-order chi connectivity index (χ0) is 15.5. The Morgan fingerprint density at radius 1 is 1.14 bits per heavy atom. The summed E-state index contributed by atoms with van der Waals surface area (Å²) in [7, 11) is 0. The SMILES string of the molecule is CC(C)(CN)NC(=O)C1CCCN(C(=O)N2CCCC2)C1. The molecule has 3 amide bonds. The third kappa shape index (κ3) is 4.09. The number of nitrogens with one attached hydrogen (secondary N) is 1. The zero-order valence-corrected chi connectivity index (χ0v) is 13.2. The minimum Gasteiger partial charge on any atom is -0.350 e. The lowest BCUT2D eigenvalue weighted by Crippen LogP contribution is -2.54. The van der Waals surface area contributed by atoms with E-state index in [-0.39, 0.29) is 17.9 Å². The van der Waals surface area contributed by atoms with Crippen molar-refractivity contribution in [3.05, 3.63) is 0 Å². The van der Waals surface area contributed by atoms with Gasteiger partial charge in [0.2, 0.25) is 5.91 Å². The fourth-order valence-corrected chi connectivity index (χ4v) is 2.96. The van der Waals surface area contributed by atoms with E-state index in [4.69, 9.17) is 5.73 Å². The molecule has 3 N–H and O–H groups in total. The Balaban J connectivity index is 1.90. The van der Waals surface area contributed by atoms with Crippen LogP contribution in [0.1, 0.15) is 39.5 Å². The van der Waals surface area contributed by atoms with E-state index in [1.54, 1.807) is 0 Å². The van der Waals surface area contributed by atoms with Crippen LogP contribution in [0.4, 0.5) is 4.79 Å². The van der Waals surface area contributed by atoms with Gasteiger partial charge in [0.25, 0.3) is 0 Å². The van der Waals surface area contributed by atoms with E-state index >= 15 is 0 Å². The molecule has 0 bridgehead atoms. The van der Waals surface area contributed by atoms with Gasteiger partial charge in [0, 0.05) is 38.3 Å². The smallest absolute Gasteiger partial charge is 0.320 e. The third-order valence-electron chi connectivity index (χ3n) is 4.41. The summed E-state index contributed by atoms with van der Waals surface area (Å²) in [6.07, 6.45) is 3.92. The van der Waals surface area contributed by atoms with Crippen molar-refractivity contribution in [1.82, 2.24) is 15.1 Å². The summed E-state index contributed by atoms with van der Waals surface area (Å²) < 4.78 is 0. The number of urea groups is 1. The second-order valence-corrected chi connectivity index (χ2v) is 6.84. The first-order valence-electron chi connectivity index (χ1n) is 7.99. The van der Waals surface area contributed by atoms with Gasteiger partial charge in [-0.05, 0) is 39.5 Å². The first-order chi connectivity index (χ1) is 9.93. The quantitative estimate of drug-likeness (QED) is 0.807. The van der Waals surface area contributed by atoms with Crippen molar-refractivity contribution >= 4 is 11.9 Å². The number of piperidine rings is 1. The van der Waals surface area contributed by atoms with E-state index in [0.29, 0.717) is 13.1 Å². The number of carbonyl (C=O) groups is 2. The van der Waals surface area contributed by atoms with Crippen molar-refractivity contribution < 1.29 is 9.59 Å². The summed E-state index contributed by atoms with van der Waals surface area (Å²) in [6.45, 7) is 7.24. The van der Waals surface area contributed by atoms with Crippen LogP contribution in [0, 0.1) is 5.92 Å². The van der Waals surface area contributed by atoms with Gasteiger partial charge in [-0.1, -0.05) is 0 Å². The standard InChI is InChI=1S/C15H28N4O2/c1-15(2,11-16)17-13(20)12-6-5-9-19(10-12)14(21)18-7-3-4-8-18/h12H,3-11,16H2,1-2H3,(H,17,20). The molecule has 2 aliphatic rings. The van der Waals surface area contributed by atoms with E-state index in [9.17, 15) is 9.59 Å². The number of nitrogens with two attached hydrogens (primary N) is 1. The lowest BCUT2D eigenvalue weighted by atomic mass is 9.95. The second-order valence-electron chi connectivity index (χ2n) is 6.84. The molecule has 0 radical (unpaired) electrons. The number of nitrogens with zero attached hydrogens (tertiary/aromatic N) is 2. The minimum absolute atomic E-state index is 0.0179. The predicted octanol–water partition coefficient (Wildman–Crippen LogP) is 0.768. The van der Waals surface area contributed by atoms with Gasteiger partial charge >= 0.3 is 6.03 Å². The van der Waals surface area contributed by atoms with Gasteiger partial charge in [-0.15, -0.1) is 0 Å². The topological polar surface area (TPSA) is 78.7 Å². The molecule has 0 aromatic carbocycles. The summed E-state index contributed by atoms with van der Waals surface area (Å²) in [5.74, 6) is -0.0968. The summed E-state index contributed by atoms with van der Waals surface area (Å²) in [5, 5.41) is 2.99. The monoisotopic (exact) mass is 296 g/mol. The van der Waals surface area contributed by atoms with E-state index in [2.05, 4.69) is 5.32 Å². The van der Waals surface area contributed by atoms with Crippen molar-refractivity contribution in [2.24, 2.45) is 11.7 Å². The predicted molar refractivity (Wildman–Crippen MR) is 81.8 cm³/mol. The van der Waals surface area contributed by atoms with E-state index in [1.165, 1.54) is 0 Å². The largest absolute Gasteiger partial charge is 0.350 e. The lowest BCUT2D eigenvalue weighted by molar-refractivity contribution is -0.127. The highest BCUT2D eigenvalue weighted by molar-refractivity contribution is 5.81. The molecule has 0 saturated carbocycles. The van der Waals surface area contributed by atoms with Crippen LogP contribution >= 0.6 is 0 Å². The lowest BCUT2D eigenvalue weighted by Gasteiger charge is -2.36. The first kappa shape index (κ1) is 16.1. The maximum atomic E-state index is 12.4. The third-order valence-corrected chi connectivity index (χ3v) is 4.41. The van der Waals surface area contributed by atoms with Crippen LogP contribution in [-0.4, -0.2) is 60.0 Å². The van der Waals surface area contributed by atoms with Gasteiger partial charge in [-0.3, -0.25) is 4.79 Å². The fraction of sp³-hybridized carbons (Fsp3) is 0.867. The van der Waals surface area contributed by atoms with Crippen molar-refractivity contribution in [2.75, 3.05) is 32.7 Å². The molecule has 0 aliphatic carbocycles. The molecule has 0 aromatic heterocycles. The maximum absolute atomic E-state index is 12.4. The Kier molecular flexibility index (Phi) is 5.08.